The van der Waals surface area contributed by atoms with Crippen LogP contribution in [0.4, 0.5) is 0 Å². The van der Waals surface area contributed by atoms with Gasteiger partial charge in [-0.3, -0.25) is 29.0 Å². The third kappa shape index (κ3) is 17.2. The molecule has 0 aliphatic carbocycles. The molecule has 0 spiro atoms. The van der Waals surface area contributed by atoms with E-state index < -0.39 is 16.1 Å². The smallest absolute Gasteiger partial charge is 0.263 e. The van der Waals surface area contributed by atoms with Crippen LogP contribution in [0.3, 0.4) is 0 Å². The van der Waals surface area contributed by atoms with Crippen molar-refractivity contribution in [3.63, 3.8) is 0 Å². The summed E-state index contributed by atoms with van der Waals surface area (Å²) in [6, 6.07) is 15.3. The number of thiophene rings is 6. The van der Waals surface area contributed by atoms with Crippen LogP contribution in [0.1, 0.15) is 327 Å². The Kier molecular flexibility index (Phi) is 28.2. The van der Waals surface area contributed by atoms with Crippen LogP contribution < -0.4 is 20.7 Å². The Morgan fingerprint density at radius 2 is 0.633 bits per heavy atom. The van der Waals surface area contributed by atoms with Crippen molar-refractivity contribution >= 4 is 129 Å². The molecule has 0 fully saturated rings. The Labute approximate surface area is 619 Å². The van der Waals surface area contributed by atoms with Crippen LogP contribution in [0.15, 0.2) is 24.3 Å². The summed E-state index contributed by atoms with van der Waals surface area (Å²) in [6.45, 7) is 33.9. The molecule has 14 heteroatoms. The highest BCUT2D eigenvalue weighted by Gasteiger charge is 2.52. The zero-order valence-electron chi connectivity index (χ0n) is 63.2. The molecule has 98 heavy (non-hydrogen) atoms. The summed E-state index contributed by atoms with van der Waals surface area (Å²) in [5.74, 6) is 3.70. The molecule has 6 nitrogen and oxygen atoms in total. The molecule has 4 atom stereocenters. The van der Waals surface area contributed by atoms with Crippen molar-refractivity contribution in [2.24, 2.45) is 35.5 Å². The molecule has 0 saturated carbocycles. The van der Waals surface area contributed by atoms with Crippen molar-refractivity contribution in [2.45, 2.75) is 314 Å². The van der Waals surface area contributed by atoms with Gasteiger partial charge in [0.1, 0.15) is 16.1 Å². The quantitative estimate of drug-likeness (QED) is 0.0217. The summed E-state index contributed by atoms with van der Waals surface area (Å²) in [5.41, 5.74) is 2.59. The van der Waals surface area contributed by atoms with Crippen molar-refractivity contribution < 1.29 is 19.2 Å². The van der Waals surface area contributed by atoms with Gasteiger partial charge in [0.2, 0.25) is 0 Å². The first kappa shape index (κ1) is 77.5. The number of amides is 4. The van der Waals surface area contributed by atoms with Gasteiger partial charge in [0.25, 0.3) is 23.6 Å². The fourth-order valence-electron chi connectivity index (χ4n) is 17.1. The lowest BCUT2D eigenvalue weighted by atomic mass is 9.98. The van der Waals surface area contributed by atoms with Gasteiger partial charge in [0, 0.05) is 57.0 Å². The highest BCUT2D eigenvalue weighted by molar-refractivity contribution is 7.35. The molecule has 10 rings (SSSR count). The normalized spacial score (nSPS) is 18.0. The summed E-state index contributed by atoms with van der Waals surface area (Å²) in [6.07, 6.45) is 35.9. The van der Waals surface area contributed by atoms with Gasteiger partial charge in [0.05, 0.1) is 36.9 Å². The number of nitrogens with zero attached hydrogens (tertiary/aromatic N) is 2. The van der Waals surface area contributed by atoms with Gasteiger partial charge >= 0.3 is 0 Å². The maximum absolute atomic E-state index is 15.7. The minimum Gasteiger partial charge on any atom is -0.274 e. The molecular weight excluding hydrogens is 1350 g/mol. The maximum Gasteiger partial charge on any atom is 0.263 e. The monoisotopic (exact) mass is 1470 g/mol. The zero-order valence-corrected chi connectivity index (χ0v) is 70.1. The fourth-order valence-corrected chi connectivity index (χ4v) is 39.0. The lowest BCUT2D eigenvalue weighted by Gasteiger charge is -2.31. The number of rotatable bonds is 45. The topological polar surface area (TPSA) is 74.8 Å². The Morgan fingerprint density at radius 1 is 0.316 bits per heavy atom. The van der Waals surface area contributed by atoms with Gasteiger partial charge in [-0.25, -0.2) is 0 Å². The molecule has 538 valence electrons. The first-order valence-electron chi connectivity index (χ1n) is 39.8. The van der Waals surface area contributed by atoms with Crippen LogP contribution in [-0.2, 0) is 0 Å². The predicted octanol–water partition coefficient (Wildman–Crippen LogP) is 25.6. The molecule has 0 radical (unpaired) electrons. The van der Waals surface area contributed by atoms with Crippen LogP contribution in [0, 0.1) is 49.4 Å². The molecule has 4 aliphatic rings. The fraction of sp³-hybridized carbons (Fsp3) is 0.667. The van der Waals surface area contributed by atoms with Crippen LogP contribution in [-0.4, -0.2) is 62.7 Å². The second kappa shape index (κ2) is 35.6. The highest BCUT2D eigenvalue weighted by atomic mass is 32.1. The van der Waals surface area contributed by atoms with E-state index in [2.05, 4.69) is 121 Å². The number of fused-ring (bicyclic) bond motifs is 8. The van der Waals surface area contributed by atoms with E-state index in [9.17, 15) is 9.59 Å². The van der Waals surface area contributed by atoms with E-state index in [0.717, 1.165) is 79.6 Å². The number of hydrogen-bond acceptors (Lipinski definition) is 10. The average molecular weight is 1470 g/mol. The summed E-state index contributed by atoms with van der Waals surface area (Å²) < 4.78 is 0. The minimum absolute atomic E-state index is 0.0869. The van der Waals surface area contributed by atoms with Gasteiger partial charge in [-0.15, -0.1) is 68.0 Å². The minimum atomic E-state index is -2.54. The van der Waals surface area contributed by atoms with Gasteiger partial charge in [-0.05, 0) is 131 Å². The van der Waals surface area contributed by atoms with Crippen molar-refractivity contribution in [1.82, 2.24) is 9.80 Å². The molecule has 6 aromatic rings. The maximum atomic E-state index is 15.7. The van der Waals surface area contributed by atoms with Crippen LogP contribution in [0.25, 0.3) is 48.8 Å². The molecule has 6 aromatic heterocycles. The highest BCUT2D eigenvalue weighted by Crippen LogP contribution is 2.56. The third-order valence-corrected chi connectivity index (χ3v) is 41.8. The summed E-state index contributed by atoms with van der Waals surface area (Å²) in [7, 11) is -4.82. The first-order valence-corrected chi connectivity index (χ1v) is 49.5. The van der Waals surface area contributed by atoms with E-state index in [1.807, 2.05) is 45.3 Å². The lowest BCUT2D eigenvalue weighted by molar-refractivity contribution is 0.0636. The second-order valence-corrected chi connectivity index (χ2v) is 47.7. The van der Waals surface area contributed by atoms with Crippen LogP contribution in [0.2, 0.25) is 24.2 Å². The predicted molar refractivity (Wildman–Crippen MR) is 438 cm³/mol. The molecule has 4 amide bonds. The number of aryl methyl sites for hydroxylation is 2. The summed E-state index contributed by atoms with van der Waals surface area (Å²) in [5, 5.41) is 6.40. The third-order valence-electron chi connectivity index (χ3n) is 23.1. The van der Waals surface area contributed by atoms with Crippen LogP contribution >= 0.6 is 68.0 Å². The molecule has 0 N–H and O–H groups in total. The standard InChI is InChI=1S/C84H124N2O4S6Si2/c1-15-18-21-24-27-30-45-85-81(87)70-62(14)92-74(71(70)82(85)88)63-52-67-79(93-63)80-68(97(67,47-32-29-26-23-20-17-3)48-42-58(10)39-33-36-55(4)5)53-64(95-80)75-72-73(84(90)86(83(72)89)46-31-28-25-22-19-16-2)76(96-75)65-54-69-78(94-65)77-66(51-61(13)91-77)98(69,49-43-59(11)40-34-37-56(6)7)50-44-60(12)41-35-38-57(8)9/h51-60H,15-50H2,1-14H3. The van der Waals surface area contributed by atoms with E-state index in [1.54, 1.807) is 53.2 Å². The molecule has 0 bridgehead atoms. The van der Waals surface area contributed by atoms with Crippen molar-refractivity contribution in [2.75, 3.05) is 13.1 Å². The Hall–Kier alpha value is -3.09. The molecule has 0 saturated heterocycles. The van der Waals surface area contributed by atoms with Gasteiger partial charge in [-0.2, -0.15) is 0 Å². The van der Waals surface area contributed by atoms with E-state index in [1.165, 1.54) is 208 Å². The molecular formula is C84H124N2O4S6Si2. The van der Waals surface area contributed by atoms with Crippen molar-refractivity contribution in [3.8, 4) is 48.8 Å². The van der Waals surface area contributed by atoms with Gasteiger partial charge in [0.15, 0.2) is 0 Å². The average Bonchev–Trinajstić information content (AvgIpc) is 1.54. The van der Waals surface area contributed by atoms with E-state index in [-0.39, 0.29) is 23.6 Å². The first-order chi connectivity index (χ1) is 47.2. The second-order valence-electron chi connectivity index (χ2n) is 32.6. The van der Waals surface area contributed by atoms with Crippen LogP contribution in [0.5, 0.6) is 0 Å². The Bertz CT molecular complexity index is 3630. The number of hydrogen-bond donors (Lipinski definition) is 0. The zero-order chi connectivity index (χ0) is 70.0. The number of carbonyl (C=O) groups is 4. The number of imide groups is 2. The number of carbonyl (C=O) groups excluding carboxylic acids is 4. The molecule has 4 aliphatic heterocycles. The molecule has 4 unspecified atom stereocenters. The largest absolute Gasteiger partial charge is 0.274 e. The van der Waals surface area contributed by atoms with Crippen molar-refractivity contribution in [1.29, 1.82) is 0 Å². The Balaban J connectivity index is 1.10. The molecule has 0 aromatic carbocycles. The van der Waals surface area contributed by atoms with Gasteiger partial charge in [-0.1, -0.05) is 263 Å². The SMILES string of the molecule is CCCCCCCCN1C(=O)c2c(C)sc(-c3cc4c(s3)-c3sc(-c5sc(-c6cc7c(s6)-c6sc(C)cc6[Si]7(CCC(C)CCCC(C)C)CCC(C)CCCC(C)C)c6c5C(=O)N(CCCCCCCC)C6=O)cc3[Si]4(CCCCCCCC)CCC(C)CCCC(C)C)c2C1=O. The summed E-state index contributed by atoms with van der Waals surface area (Å²) in [4.78, 5) is 78.3. The number of unbranched alkanes of at least 4 members (excludes halogenated alkanes) is 15. The summed E-state index contributed by atoms with van der Waals surface area (Å²) >= 11 is 11.1. The van der Waals surface area contributed by atoms with Gasteiger partial charge < -0.3 is 0 Å². The van der Waals surface area contributed by atoms with Crippen molar-refractivity contribution in [3.05, 3.63) is 56.3 Å². The lowest BCUT2D eigenvalue weighted by Crippen LogP contribution is -2.54. The molecule has 10 heterocycles. The Morgan fingerprint density at radius 3 is 1.02 bits per heavy atom. The van der Waals surface area contributed by atoms with E-state index in [4.69, 9.17) is 0 Å². The van der Waals surface area contributed by atoms with E-state index in [0.29, 0.717) is 59.0 Å². The van der Waals surface area contributed by atoms with E-state index >= 15 is 9.59 Å².